The Morgan fingerprint density at radius 3 is 2.21 bits per heavy atom. The third-order valence-corrected chi connectivity index (χ3v) is 8.07. The summed E-state index contributed by atoms with van der Waals surface area (Å²) in [5.74, 6) is 1.27. The van der Waals surface area contributed by atoms with Crippen LogP contribution < -0.4 is 4.72 Å². The van der Waals surface area contributed by atoms with Crippen molar-refractivity contribution in [1.29, 1.82) is 0 Å². The number of sulfonamides is 1. The Labute approximate surface area is 195 Å². The highest BCUT2D eigenvalue weighted by atomic mass is 32.2. The van der Waals surface area contributed by atoms with Gasteiger partial charge in [-0.2, -0.15) is 0 Å². The second kappa shape index (κ2) is 10.1. The molecule has 0 radical (unpaired) electrons. The summed E-state index contributed by atoms with van der Waals surface area (Å²) in [6.07, 6.45) is 4.94. The second-order valence-corrected chi connectivity index (χ2v) is 10.8. The lowest BCUT2D eigenvalue weighted by Gasteiger charge is -2.36. The number of nitrogens with zero attached hydrogens (tertiary/aromatic N) is 2. The van der Waals surface area contributed by atoms with E-state index in [2.05, 4.69) is 11.6 Å². The summed E-state index contributed by atoms with van der Waals surface area (Å²) in [5.41, 5.74) is 0.440. The van der Waals surface area contributed by atoms with Crippen LogP contribution in [-0.2, 0) is 21.4 Å². The van der Waals surface area contributed by atoms with E-state index in [-0.39, 0.29) is 29.2 Å². The zero-order valence-electron chi connectivity index (χ0n) is 18.9. The first kappa shape index (κ1) is 23.5. The molecule has 2 aliphatic heterocycles. The molecule has 2 aromatic rings. The van der Waals surface area contributed by atoms with Gasteiger partial charge in [-0.15, -0.1) is 0 Å². The van der Waals surface area contributed by atoms with Gasteiger partial charge in [0.15, 0.2) is 0 Å². The van der Waals surface area contributed by atoms with Crippen LogP contribution in [0.4, 0.5) is 0 Å². The average molecular weight is 474 g/mol. The normalized spacial score (nSPS) is 18.5. The third-order valence-electron chi connectivity index (χ3n) is 6.65. The fourth-order valence-corrected chi connectivity index (χ4v) is 5.43. The van der Waals surface area contributed by atoms with Crippen molar-refractivity contribution in [1.82, 2.24) is 14.5 Å². The van der Waals surface area contributed by atoms with Gasteiger partial charge in [0.25, 0.3) is 5.91 Å². The van der Waals surface area contributed by atoms with Gasteiger partial charge in [-0.05, 0) is 68.0 Å². The lowest BCUT2D eigenvalue weighted by Crippen LogP contribution is -2.46. The van der Waals surface area contributed by atoms with Crippen LogP contribution in [-0.4, -0.2) is 56.2 Å². The first-order valence-corrected chi connectivity index (χ1v) is 13.0. The molecule has 178 valence electrons. The SMILES string of the molecule is CC1CCN(C(=O)C2CCN(C(=O)c3ccc(S(=O)(=O)NCc4ccco4)cc3)CC2)CC1. The number of furan rings is 1. The number of likely N-dealkylation sites (tertiary alicyclic amines) is 2. The van der Waals surface area contributed by atoms with Gasteiger partial charge in [0.05, 0.1) is 17.7 Å². The molecule has 0 bridgehead atoms. The quantitative estimate of drug-likeness (QED) is 0.695. The van der Waals surface area contributed by atoms with Crippen molar-refractivity contribution in [3.63, 3.8) is 0 Å². The molecule has 4 rings (SSSR count). The minimum absolute atomic E-state index is 0.0183. The van der Waals surface area contributed by atoms with Gasteiger partial charge in [-0.1, -0.05) is 6.92 Å². The summed E-state index contributed by atoms with van der Waals surface area (Å²) in [6, 6.07) is 9.33. The summed E-state index contributed by atoms with van der Waals surface area (Å²) >= 11 is 0. The minimum atomic E-state index is -3.71. The molecule has 2 amide bonds. The van der Waals surface area contributed by atoms with Crippen molar-refractivity contribution in [3.05, 3.63) is 54.0 Å². The van der Waals surface area contributed by atoms with E-state index in [4.69, 9.17) is 4.42 Å². The number of carbonyl (C=O) groups excluding carboxylic acids is 2. The molecule has 1 N–H and O–H groups in total. The minimum Gasteiger partial charge on any atom is -0.468 e. The van der Waals surface area contributed by atoms with E-state index in [9.17, 15) is 18.0 Å². The van der Waals surface area contributed by atoms with Gasteiger partial charge >= 0.3 is 0 Å². The first-order chi connectivity index (χ1) is 15.8. The highest BCUT2D eigenvalue weighted by molar-refractivity contribution is 7.89. The molecule has 2 saturated heterocycles. The third kappa shape index (κ3) is 5.65. The molecule has 8 nitrogen and oxygen atoms in total. The molecule has 0 spiro atoms. The number of nitrogens with one attached hydrogen (secondary N) is 1. The van der Waals surface area contributed by atoms with E-state index in [0.717, 1.165) is 25.9 Å². The predicted octanol–water partition coefficient (Wildman–Crippen LogP) is 2.87. The summed E-state index contributed by atoms with van der Waals surface area (Å²) in [7, 11) is -3.71. The Morgan fingerprint density at radius 2 is 1.61 bits per heavy atom. The standard InChI is InChI=1S/C24H31N3O5S/c1-18-8-12-26(13-9-18)24(29)20-10-14-27(15-11-20)23(28)19-4-6-22(7-5-19)33(30,31)25-17-21-3-2-16-32-21/h2-7,16,18,20,25H,8-15,17H2,1H3. The average Bonchev–Trinajstić information content (AvgIpc) is 3.37. The highest BCUT2D eigenvalue weighted by Gasteiger charge is 2.31. The molecule has 9 heteroatoms. The topological polar surface area (TPSA) is 99.9 Å². The lowest BCUT2D eigenvalue weighted by atomic mass is 9.92. The largest absolute Gasteiger partial charge is 0.468 e. The molecular weight excluding hydrogens is 442 g/mol. The number of amides is 2. The summed E-state index contributed by atoms with van der Waals surface area (Å²) in [5, 5.41) is 0. The monoisotopic (exact) mass is 473 g/mol. The van der Waals surface area contributed by atoms with Gasteiger partial charge < -0.3 is 14.2 Å². The van der Waals surface area contributed by atoms with E-state index >= 15 is 0 Å². The molecule has 0 aliphatic carbocycles. The van der Waals surface area contributed by atoms with Crippen LogP contribution in [0.25, 0.3) is 0 Å². The Balaban J connectivity index is 1.30. The van der Waals surface area contributed by atoms with E-state index in [0.29, 0.717) is 43.2 Å². The smallest absolute Gasteiger partial charge is 0.253 e. The van der Waals surface area contributed by atoms with Crippen molar-refractivity contribution in [2.45, 2.75) is 44.0 Å². The molecule has 1 aromatic heterocycles. The van der Waals surface area contributed by atoms with E-state index in [1.807, 2.05) is 4.90 Å². The summed E-state index contributed by atoms with van der Waals surface area (Å²) in [6.45, 7) is 5.02. The number of carbonyl (C=O) groups is 2. The van der Waals surface area contributed by atoms with E-state index in [1.165, 1.54) is 30.5 Å². The molecule has 0 atom stereocenters. The Bertz CT molecular complexity index is 1050. The van der Waals surface area contributed by atoms with Crippen LogP contribution in [0.1, 0.15) is 48.7 Å². The van der Waals surface area contributed by atoms with Crippen LogP contribution in [0.2, 0.25) is 0 Å². The fourth-order valence-electron chi connectivity index (χ4n) is 4.44. The molecule has 3 heterocycles. The van der Waals surface area contributed by atoms with Crippen LogP contribution in [0.3, 0.4) is 0 Å². The number of benzene rings is 1. The summed E-state index contributed by atoms with van der Waals surface area (Å²) < 4.78 is 32.6. The Morgan fingerprint density at radius 1 is 0.970 bits per heavy atom. The van der Waals surface area contributed by atoms with Crippen molar-refractivity contribution in [3.8, 4) is 0 Å². The number of piperidine rings is 2. The second-order valence-electron chi connectivity index (χ2n) is 9.00. The van der Waals surface area contributed by atoms with Crippen LogP contribution >= 0.6 is 0 Å². The Kier molecular flexibility index (Phi) is 7.19. The van der Waals surface area contributed by atoms with Crippen molar-refractivity contribution in [2.75, 3.05) is 26.2 Å². The molecule has 2 fully saturated rings. The maximum absolute atomic E-state index is 12.9. The molecule has 33 heavy (non-hydrogen) atoms. The zero-order chi connectivity index (χ0) is 23.4. The number of hydrogen-bond acceptors (Lipinski definition) is 5. The van der Waals surface area contributed by atoms with Crippen LogP contribution in [0.5, 0.6) is 0 Å². The number of hydrogen-bond donors (Lipinski definition) is 1. The predicted molar refractivity (Wildman–Crippen MR) is 123 cm³/mol. The summed E-state index contributed by atoms with van der Waals surface area (Å²) in [4.78, 5) is 29.6. The molecule has 0 saturated carbocycles. The molecule has 1 aromatic carbocycles. The van der Waals surface area contributed by atoms with Crippen molar-refractivity contribution in [2.24, 2.45) is 11.8 Å². The van der Waals surface area contributed by atoms with Crippen molar-refractivity contribution < 1.29 is 22.4 Å². The highest BCUT2D eigenvalue weighted by Crippen LogP contribution is 2.24. The van der Waals surface area contributed by atoms with Crippen LogP contribution in [0, 0.1) is 11.8 Å². The van der Waals surface area contributed by atoms with Crippen molar-refractivity contribution >= 4 is 21.8 Å². The zero-order valence-corrected chi connectivity index (χ0v) is 19.7. The maximum Gasteiger partial charge on any atom is 0.253 e. The lowest BCUT2D eigenvalue weighted by molar-refractivity contribution is -0.138. The maximum atomic E-state index is 12.9. The molecule has 2 aliphatic rings. The van der Waals surface area contributed by atoms with Gasteiger partial charge in [0, 0.05) is 37.7 Å². The van der Waals surface area contributed by atoms with Gasteiger partial charge in [-0.3, -0.25) is 9.59 Å². The van der Waals surface area contributed by atoms with E-state index in [1.54, 1.807) is 17.0 Å². The van der Waals surface area contributed by atoms with Gasteiger partial charge in [0.1, 0.15) is 5.76 Å². The van der Waals surface area contributed by atoms with Gasteiger partial charge in [-0.25, -0.2) is 13.1 Å². The van der Waals surface area contributed by atoms with E-state index < -0.39 is 10.0 Å². The van der Waals surface area contributed by atoms with Gasteiger partial charge in [0.2, 0.25) is 15.9 Å². The van der Waals surface area contributed by atoms with Crippen LogP contribution in [0.15, 0.2) is 52.0 Å². The Hall–Kier alpha value is -2.65. The fraction of sp³-hybridized carbons (Fsp3) is 0.500. The first-order valence-electron chi connectivity index (χ1n) is 11.5. The molecular formula is C24H31N3O5S. The molecule has 0 unspecified atom stereocenters. The number of rotatable bonds is 6.